The molecule has 1 N–H and O–H groups in total. The summed E-state index contributed by atoms with van der Waals surface area (Å²) in [5, 5.41) is 9.48. The molecular formula is C14H12ClN3O3. The highest BCUT2D eigenvalue weighted by Gasteiger charge is 2.24. The molecule has 1 aromatic heterocycles. The van der Waals surface area contributed by atoms with Gasteiger partial charge in [0.15, 0.2) is 5.82 Å². The Bertz CT molecular complexity index is 772. The average Bonchev–Trinajstić information content (AvgIpc) is 2.86. The Hall–Kier alpha value is -2.34. The summed E-state index contributed by atoms with van der Waals surface area (Å²) in [4.78, 5) is 29.0. The van der Waals surface area contributed by atoms with Gasteiger partial charge in [-0.15, -0.1) is 0 Å². The fraction of sp³-hybridized carbons (Fsp3) is 0.214. The van der Waals surface area contributed by atoms with Crippen molar-refractivity contribution in [3.05, 3.63) is 57.1 Å². The molecule has 1 aliphatic rings. The Balaban J connectivity index is 1.95. The highest BCUT2D eigenvalue weighted by Crippen LogP contribution is 2.30. The Morgan fingerprint density at radius 1 is 1.38 bits per heavy atom. The summed E-state index contributed by atoms with van der Waals surface area (Å²) in [5.74, 6) is -0.826. The highest BCUT2D eigenvalue weighted by atomic mass is 35.5. The van der Waals surface area contributed by atoms with Gasteiger partial charge in [-0.1, -0.05) is 23.7 Å². The van der Waals surface area contributed by atoms with E-state index in [1.54, 1.807) is 4.90 Å². The van der Waals surface area contributed by atoms with Gasteiger partial charge in [0.05, 0.1) is 0 Å². The van der Waals surface area contributed by atoms with Crippen LogP contribution < -0.4 is 10.5 Å². The summed E-state index contributed by atoms with van der Waals surface area (Å²) in [6, 6.07) is 5.64. The van der Waals surface area contributed by atoms with Crippen molar-refractivity contribution >= 4 is 23.4 Å². The third kappa shape index (κ3) is 2.50. The Labute approximate surface area is 125 Å². The van der Waals surface area contributed by atoms with Gasteiger partial charge >= 0.3 is 5.97 Å². The van der Waals surface area contributed by atoms with Crippen molar-refractivity contribution in [1.82, 2.24) is 9.55 Å². The summed E-state index contributed by atoms with van der Waals surface area (Å²) in [7, 11) is 0. The number of carboxylic acids is 1. The molecule has 0 radical (unpaired) electrons. The van der Waals surface area contributed by atoms with Gasteiger partial charge in [0.25, 0.3) is 5.56 Å². The van der Waals surface area contributed by atoms with Gasteiger partial charge < -0.3 is 10.0 Å². The fourth-order valence-electron chi connectivity index (χ4n) is 2.45. The molecule has 0 fully saturated rings. The molecule has 1 aliphatic heterocycles. The lowest BCUT2D eigenvalue weighted by atomic mass is 10.1. The van der Waals surface area contributed by atoms with Gasteiger partial charge in [0, 0.05) is 30.5 Å². The van der Waals surface area contributed by atoms with Crippen molar-refractivity contribution in [2.45, 2.75) is 19.6 Å². The molecule has 0 spiro atoms. The van der Waals surface area contributed by atoms with Crippen molar-refractivity contribution < 1.29 is 9.90 Å². The van der Waals surface area contributed by atoms with Crippen LogP contribution in [0.3, 0.4) is 0 Å². The zero-order chi connectivity index (χ0) is 15.0. The molecule has 0 saturated heterocycles. The van der Waals surface area contributed by atoms with Gasteiger partial charge in [0.1, 0.15) is 6.54 Å². The quantitative estimate of drug-likeness (QED) is 0.930. The van der Waals surface area contributed by atoms with Crippen LogP contribution in [-0.2, 0) is 24.4 Å². The third-order valence-corrected chi connectivity index (χ3v) is 3.78. The minimum absolute atomic E-state index is 0.242. The minimum atomic E-state index is -1.07. The molecule has 0 saturated carbocycles. The van der Waals surface area contributed by atoms with Crippen LogP contribution in [0.25, 0.3) is 0 Å². The molecule has 1 aromatic carbocycles. The van der Waals surface area contributed by atoms with Gasteiger partial charge in [-0.3, -0.25) is 14.2 Å². The van der Waals surface area contributed by atoms with Crippen LogP contribution in [0, 0.1) is 0 Å². The van der Waals surface area contributed by atoms with Crippen molar-refractivity contribution in [1.29, 1.82) is 0 Å². The number of anilines is 1. The normalized spacial score (nSPS) is 13.3. The molecule has 0 amide bonds. The van der Waals surface area contributed by atoms with E-state index in [1.165, 1.54) is 12.4 Å². The van der Waals surface area contributed by atoms with E-state index < -0.39 is 11.5 Å². The van der Waals surface area contributed by atoms with Crippen molar-refractivity contribution in [2.24, 2.45) is 0 Å². The SMILES string of the molecule is O=C(O)Cn1ccnc(N2Cc3cccc(Cl)c3C2)c1=O. The predicted molar refractivity (Wildman–Crippen MR) is 77.5 cm³/mol. The number of rotatable bonds is 3. The molecule has 6 nitrogen and oxygen atoms in total. The molecule has 21 heavy (non-hydrogen) atoms. The number of benzene rings is 1. The average molecular weight is 306 g/mol. The molecule has 0 atom stereocenters. The molecule has 2 aromatic rings. The number of nitrogens with zero attached hydrogens (tertiary/aromatic N) is 3. The number of carboxylic acid groups (broad SMARTS) is 1. The van der Waals surface area contributed by atoms with E-state index in [0.29, 0.717) is 18.1 Å². The van der Waals surface area contributed by atoms with Gasteiger partial charge in [-0.05, 0) is 17.2 Å². The van der Waals surface area contributed by atoms with E-state index in [4.69, 9.17) is 16.7 Å². The number of halogens is 1. The van der Waals surface area contributed by atoms with Gasteiger partial charge in [-0.25, -0.2) is 4.98 Å². The largest absolute Gasteiger partial charge is 0.480 e. The van der Waals surface area contributed by atoms with E-state index in [9.17, 15) is 9.59 Å². The molecule has 0 unspecified atom stereocenters. The van der Waals surface area contributed by atoms with Crippen LogP contribution in [0.4, 0.5) is 5.82 Å². The van der Waals surface area contributed by atoms with Crippen molar-refractivity contribution in [3.63, 3.8) is 0 Å². The van der Waals surface area contributed by atoms with E-state index in [2.05, 4.69) is 4.98 Å². The number of aliphatic carboxylic acids is 1. The molecular weight excluding hydrogens is 294 g/mol. The van der Waals surface area contributed by atoms with Crippen molar-refractivity contribution in [3.8, 4) is 0 Å². The maximum atomic E-state index is 12.3. The molecule has 108 valence electrons. The Morgan fingerprint density at radius 2 is 2.19 bits per heavy atom. The first-order valence-electron chi connectivity index (χ1n) is 6.34. The van der Waals surface area contributed by atoms with Gasteiger partial charge in [0.2, 0.25) is 0 Å². The number of hydrogen-bond acceptors (Lipinski definition) is 4. The van der Waals surface area contributed by atoms with Crippen LogP contribution in [0.5, 0.6) is 0 Å². The zero-order valence-electron chi connectivity index (χ0n) is 11.0. The fourth-order valence-corrected chi connectivity index (χ4v) is 2.71. The lowest BCUT2D eigenvalue weighted by molar-refractivity contribution is -0.137. The zero-order valence-corrected chi connectivity index (χ0v) is 11.7. The van der Waals surface area contributed by atoms with E-state index >= 15 is 0 Å². The second-order valence-corrected chi connectivity index (χ2v) is 5.22. The molecule has 0 aliphatic carbocycles. The number of aromatic nitrogens is 2. The summed E-state index contributed by atoms with van der Waals surface area (Å²) < 4.78 is 1.13. The van der Waals surface area contributed by atoms with Crippen LogP contribution in [0.2, 0.25) is 5.02 Å². The number of carbonyl (C=O) groups is 1. The van der Waals surface area contributed by atoms with Crippen molar-refractivity contribution in [2.75, 3.05) is 4.90 Å². The minimum Gasteiger partial charge on any atom is -0.480 e. The maximum Gasteiger partial charge on any atom is 0.323 e. The lowest BCUT2D eigenvalue weighted by Crippen LogP contribution is -2.31. The lowest BCUT2D eigenvalue weighted by Gasteiger charge is -2.16. The summed E-state index contributed by atoms with van der Waals surface area (Å²) >= 11 is 6.15. The van der Waals surface area contributed by atoms with Crippen LogP contribution >= 0.6 is 11.6 Å². The summed E-state index contributed by atoms with van der Waals surface area (Å²) in [5.41, 5.74) is 1.62. The van der Waals surface area contributed by atoms with E-state index in [-0.39, 0.29) is 12.4 Å². The van der Waals surface area contributed by atoms with E-state index in [1.807, 2.05) is 18.2 Å². The highest BCUT2D eigenvalue weighted by molar-refractivity contribution is 6.31. The Morgan fingerprint density at radius 3 is 2.90 bits per heavy atom. The van der Waals surface area contributed by atoms with Crippen LogP contribution in [-0.4, -0.2) is 20.6 Å². The second kappa shape index (κ2) is 5.21. The van der Waals surface area contributed by atoms with Gasteiger partial charge in [-0.2, -0.15) is 0 Å². The molecule has 3 rings (SSSR count). The summed E-state index contributed by atoms with van der Waals surface area (Å²) in [6.45, 7) is 0.652. The Kier molecular flexibility index (Phi) is 3.39. The monoisotopic (exact) mass is 305 g/mol. The molecule has 7 heteroatoms. The third-order valence-electron chi connectivity index (χ3n) is 3.43. The number of fused-ring (bicyclic) bond motifs is 1. The molecule has 0 bridgehead atoms. The smallest absolute Gasteiger partial charge is 0.323 e. The molecule has 2 heterocycles. The maximum absolute atomic E-state index is 12.3. The predicted octanol–water partition coefficient (Wildman–Crippen LogP) is 1.50. The van der Waals surface area contributed by atoms with Crippen LogP contribution in [0.1, 0.15) is 11.1 Å². The topological polar surface area (TPSA) is 75.4 Å². The first-order chi connectivity index (χ1) is 10.1. The number of hydrogen-bond donors (Lipinski definition) is 1. The first kappa shape index (κ1) is 13.6. The second-order valence-electron chi connectivity index (χ2n) is 4.81. The van der Waals surface area contributed by atoms with E-state index in [0.717, 1.165) is 15.7 Å². The summed E-state index contributed by atoms with van der Waals surface area (Å²) in [6.07, 6.45) is 2.81. The standard InChI is InChI=1S/C14H12ClN3O3/c15-11-3-1-2-9-6-18(7-10(9)11)13-14(21)17(5-4-16-13)8-12(19)20/h1-5H,6-8H2,(H,19,20). The first-order valence-corrected chi connectivity index (χ1v) is 6.72. The van der Waals surface area contributed by atoms with Crippen LogP contribution in [0.15, 0.2) is 35.4 Å².